The largest absolute Gasteiger partial charge is 0.294 e. The van der Waals surface area contributed by atoms with Gasteiger partial charge in [-0.15, -0.1) is 0 Å². The lowest BCUT2D eigenvalue weighted by Gasteiger charge is -2.50. The summed E-state index contributed by atoms with van der Waals surface area (Å²) in [6, 6.07) is 15.5. The van der Waals surface area contributed by atoms with Gasteiger partial charge < -0.3 is 0 Å². The first-order valence-corrected chi connectivity index (χ1v) is 10.4. The topological polar surface area (TPSA) is 17.3 Å². The van der Waals surface area contributed by atoms with Crippen molar-refractivity contribution in [3.8, 4) is 0 Å². The Balaban J connectivity index is 2.22. The number of pyridine rings is 1. The van der Waals surface area contributed by atoms with Crippen molar-refractivity contribution in [1.29, 1.82) is 0 Å². The van der Waals surface area contributed by atoms with Gasteiger partial charge in [-0.25, -0.2) is 15.0 Å². The Kier molecular flexibility index (Phi) is 2.28. The number of fused-ring (bicyclic) bond motifs is 3. The van der Waals surface area contributed by atoms with Crippen LogP contribution in [0.3, 0.4) is 0 Å². The minimum Gasteiger partial charge on any atom is -0.294 e. The van der Waals surface area contributed by atoms with Crippen LogP contribution in [0.4, 0.5) is 0 Å². The van der Waals surface area contributed by atoms with E-state index in [4.69, 9.17) is 4.98 Å². The van der Waals surface area contributed by atoms with Crippen molar-refractivity contribution >= 4 is 37.4 Å². The second-order valence-corrected chi connectivity index (χ2v) is 11.5. The maximum Gasteiger partial charge on any atom is 0.145 e. The van der Waals surface area contributed by atoms with Gasteiger partial charge in [0.15, 0.2) is 0 Å². The molecule has 0 amide bonds. The molecule has 0 spiro atoms. The molecule has 0 bridgehead atoms. The maximum absolute atomic E-state index is 4.84. The van der Waals surface area contributed by atoms with Gasteiger partial charge in [0.2, 0.25) is 0 Å². The van der Waals surface area contributed by atoms with E-state index >= 15 is 0 Å². The minimum absolute atomic E-state index is 0.107. The number of aromatic nitrogens is 2. The smallest absolute Gasteiger partial charge is 0.145 e. The molecule has 3 heteroatoms. The number of benzene rings is 2. The first-order chi connectivity index (χ1) is 10.9. The van der Waals surface area contributed by atoms with Crippen molar-refractivity contribution in [2.75, 3.05) is 12.5 Å². The van der Waals surface area contributed by atoms with Crippen molar-refractivity contribution in [3.05, 3.63) is 54.4 Å². The van der Waals surface area contributed by atoms with Gasteiger partial charge >= 0.3 is 0 Å². The highest BCUT2D eigenvalue weighted by Crippen LogP contribution is 2.68. The summed E-state index contributed by atoms with van der Waals surface area (Å²) in [5, 5.41) is 3.90. The fourth-order valence-electron chi connectivity index (χ4n) is 4.02. The molecule has 23 heavy (non-hydrogen) atoms. The summed E-state index contributed by atoms with van der Waals surface area (Å²) in [5.74, 6) is 0. The molecule has 0 radical (unpaired) electrons. The molecule has 0 saturated heterocycles. The van der Waals surface area contributed by atoms with Gasteiger partial charge in [0.1, 0.15) is 5.65 Å². The summed E-state index contributed by atoms with van der Waals surface area (Å²) in [4.78, 5) is 6.34. The molecular weight excluding hydrogens is 300 g/mol. The fourth-order valence-corrected chi connectivity index (χ4v) is 6.34. The Labute approximate surface area is 137 Å². The Morgan fingerprint density at radius 1 is 0.913 bits per heavy atom. The lowest BCUT2D eigenvalue weighted by molar-refractivity contribution is 0.718. The molecule has 5 rings (SSSR count). The highest BCUT2D eigenvalue weighted by molar-refractivity contribution is 8.33. The predicted molar refractivity (Wildman–Crippen MR) is 101 cm³/mol. The second kappa shape index (κ2) is 3.90. The summed E-state index contributed by atoms with van der Waals surface area (Å²) in [7, 11) is -0.972. The third-order valence-electron chi connectivity index (χ3n) is 5.88. The van der Waals surface area contributed by atoms with E-state index in [1.54, 1.807) is 0 Å². The summed E-state index contributed by atoms with van der Waals surface area (Å²) in [6.45, 7) is 4.76. The van der Waals surface area contributed by atoms with Gasteiger partial charge in [0.05, 0.1) is 17.4 Å². The van der Waals surface area contributed by atoms with Crippen LogP contribution >= 0.6 is 10.0 Å². The molecule has 0 saturated carbocycles. The molecular formula is C20H20N2S. The lowest BCUT2D eigenvalue weighted by atomic mass is 10.0. The molecule has 2 nitrogen and oxygen atoms in total. The van der Waals surface area contributed by atoms with Crippen molar-refractivity contribution in [3.63, 3.8) is 0 Å². The normalized spacial score (nSPS) is 19.7. The molecule has 2 aromatic heterocycles. The lowest BCUT2D eigenvalue weighted by Crippen LogP contribution is -2.30. The molecule has 0 fully saturated rings. The van der Waals surface area contributed by atoms with Crippen LogP contribution in [0.25, 0.3) is 27.3 Å². The summed E-state index contributed by atoms with van der Waals surface area (Å²) in [6.07, 6.45) is 6.99. The van der Waals surface area contributed by atoms with E-state index in [1.807, 2.05) is 0 Å². The van der Waals surface area contributed by atoms with Crippen LogP contribution in [-0.4, -0.2) is 21.9 Å². The first kappa shape index (κ1) is 13.4. The summed E-state index contributed by atoms with van der Waals surface area (Å²) < 4.78 is 2.53. The number of hydrogen-bond acceptors (Lipinski definition) is 1. The van der Waals surface area contributed by atoms with Gasteiger partial charge in [0, 0.05) is 20.4 Å². The van der Waals surface area contributed by atoms with E-state index < -0.39 is 10.0 Å². The molecule has 1 aliphatic rings. The van der Waals surface area contributed by atoms with Crippen molar-refractivity contribution in [2.24, 2.45) is 0 Å². The minimum atomic E-state index is -0.972. The second-order valence-electron chi connectivity index (χ2n) is 7.34. The zero-order valence-corrected chi connectivity index (χ0v) is 14.7. The predicted octanol–water partition coefficient (Wildman–Crippen LogP) is 5.31. The number of imidazole rings is 1. The number of hydrogen-bond donors (Lipinski definition) is 0. The molecule has 0 aliphatic carbocycles. The van der Waals surface area contributed by atoms with Gasteiger partial charge in [-0.1, -0.05) is 36.4 Å². The van der Waals surface area contributed by atoms with Gasteiger partial charge in [-0.2, -0.15) is 0 Å². The number of nitrogens with zero attached hydrogens (tertiary/aromatic N) is 2. The summed E-state index contributed by atoms with van der Waals surface area (Å²) >= 11 is 0. The van der Waals surface area contributed by atoms with E-state index in [0.717, 1.165) is 5.65 Å². The maximum atomic E-state index is 4.84. The van der Waals surface area contributed by atoms with E-state index in [1.165, 1.54) is 32.3 Å². The van der Waals surface area contributed by atoms with Crippen LogP contribution in [0.5, 0.6) is 0 Å². The Bertz CT molecular complexity index is 1120. The number of para-hydroxylation sites is 1. The monoisotopic (exact) mass is 320 g/mol. The molecule has 0 N–H and O–H groups in total. The van der Waals surface area contributed by atoms with Gasteiger partial charge in [-0.3, -0.25) is 4.40 Å². The van der Waals surface area contributed by atoms with Crippen LogP contribution in [0.1, 0.15) is 19.5 Å². The van der Waals surface area contributed by atoms with E-state index in [-0.39, 0.29) is 4.75 Å². The molecule has 0 atom stereocenters. The van der Waals surface area contributed by atoms with Crippen LogP contribution in [0.2, 0.25) is 0 Å². The molecule has 0 unspecified atom stereocenters. The van der Waals surface area contributed by atoms with E-state index in [9.17, 15) is 0 Å². The summed E-state index contributed by atoms with van der Waals surface area (Å²) in [5.41, 5.74) is 3.81. The SMILES string of the molecule is CC1(C)c2cnc3c4ccccc4c4cccc(c4n23)S1(C)C. The standard InChI is InChI=1S/C20H20N2S/c1-20(2)17-12-21-19-15-9-6-5-8-13(15)14-10-7-11-16(23(20,3)4)18(14)22(17)19/h5-12H,1-4H3. The van der Waals surface area contributed by atoms with E-state index in [0.29, 0.717) is 0 Å². The Morgan fingerprint density at radius 2 is 1.61 bits per heavy atom. The fraction of sp³-hybridized carbons (Fsp3) is 0.250. The average Bonchev–Trinajstić information content (AvgIpc) is 2.99. The van der Waals surface area contributed by atoms with Gasteiger partial charge in [0.25, 0.3) is 0 Å². The first-order valence-electron chi connectivity index (χ1n) is 7.99. The highest BCUT2D eigenvalue weighted by Gasteiger charge is 2.42. The van der Waals surface area contributed by atoms with Crippen LogP contribution in [0, 0.1) is 0 Å². The molecule has 1 aliphatic heterocycles. The van der Waals surface area contributed by atoms with Gasteiger partial charge in [-0.05, 0) is 37.8 Å². The zero-order valence-electron chi connectivity index (χ0n) is 13.9. The molecule has 4 aromatic rings. The average molecular weight is 320 g/mol. The molecule has 116 valence electrons. The van der Waals surface area contributed by atoms with Crippen LogP contribution < -0.4 is 0 Å². The Hall–Kier alpha value is -2.00. The van der Waals surface area contributed by atoms with Crippen molar-refractivity contribution in [2.45, 2.75) is 23.5 Å². The van der Waals surface area contributed by atoms with Crippen molar-refractivity contribution in [1.82, 2.24) is 9.38 Å². The number of rotatable bonds is 0. The molecule has 3 heterocycles. The van der Waals surface area contributed by atoms with E-state index in [2.05, 4.69) is 79.4 Å². The zero-order chi connectivity index (χ0) is 16.0. The third kappa shape index (κ3) is 1.36. The third-order valence-corrected chi connectivity index (χ3v) is 10.1. The molecule has 2 aromatic carbocycles. The quantitative estimate of drug-likeness (QED) is 0.401. The Morgan fingerprint density at radius 3 is 2.39 bits per heavy atom. The van der Waals surface area contributed by atoms with Crippen molar-refractivity contribution < 1.29 is 0 Å². The van der Waals surface area contributed by atoms with Crippen LogP contribution in [-0.2, 0) is 4.75 Å². The highest BCUT2D eigenvalue weighted by atomic mass is 32.3. The van der Waals surface area contributed by atoms with Crippen LogP contribution in [0.15, 0.2) is 53.6 Å².